The Balaban J connectivity index is 2.89. The topological polar surface area (TPSA) is 21.3 Å². The largest absolute Gasteiger partial charge is 0.353 e. The van der Waals surface area contributed by atoms with Gasteiger partial charge in [-0.25, -0.2) is 0 Å². The molecular weight excluding hydrogens is 162 g/mol. The van der Waals surface area contributed by atoms with E-state index in [0.717, 1.165) is 0 Å². The molecular formula is C11H23NO. The van der Waals surface area contributed by atoms with Crippen LogP contribution in [0.1, 0.15) is 48.5 Å². The van der Waals surface area contributed by atoms with E-state index in [-0.39, 0.29) is 16.7 Å². The minimum atomic E-state index is -0.212. The molecule has 0 saturated carbocycles. The average molecular weight is 185 g/mol. The van der Waals surface area contributed by atoms with Crippen molar-refractivity contribution in [3.63, 3.8) is 0 Å². The summed E-state index contributed by atoms with van der Waals surface area (Å²) in [6.07, 6.45) is 0. The van der Waals surface area contributed by atoms with Crippen LogP contribution in [0.3, 0.4) is 0 Å². The molecule has 1 aliphatic rings. The molecule has 78 valence electrons. The van der Waals surface area contributed by atoms with Crippen molar-refractivity contribution >= 4 is 0 Å². The van der Waals surface area contributed by atoms with E-state index in [2.05, 4.69) is 53.8 Å². The van der Waals surface area contributed by atoms with Crippen molar-refractivity contribution in [2.75, 3.05) is 0 Å². The Kier molecular flexibility index (Phi) is 2.29. The Bertz CT molecular complexity index is 201. The highest BCUT2D eigenvalue weighted by atomic mass is 16.6. The molecule has 1 fully saturated rings. The Labute approximate surface area is 82.0 Å². The van der Waals surface area contributed by atoms with Crippen LogP contribution in [0.15, 0.2) is 0 Å². The van der Waals surface area contributed by atoms with Gasteiger partial charge in [0, 0.05) is 11.5 Å². The molecule has 1 saturated heterocycles. The second kappa shape index (κ2) is 2.71. The lowest BCUT2D eigenvalue weighted by Gasteiger charge is -2.39. The molecule has 2 nitrogen and oxygen atoms in total. The molecule has 1 N–H and O–H groups in total. The number of ether oxygens (including phenoxy) is 1. The SMILES string of the molecule is CC1NC(C)(C(C)(C)C)OC1(C)C. The van der Waals surface area contributed by atoms with E-state index in [1.165, 1.54) is 0 Å². The van der Waals surface area contributed by atoms with E-state index in [0.29, 0.717) is 6.04 Å². The molecule has 1 aliphatic heterocycles. The molecule has 2 atom stereocenters. The molecule has 0 radical (unpaired) electrons. The van der Waals surface area contributed by atoms with Gasteiger partial charge in [-0.3, -0.25) is 5.32 Å². The Morgan fingerprint density at radius 1 is 1.15 bits per heavy atom. The molecule has 2 unspecified atom stereocenters. The smallest absolute Gasteiger partial charge is 0.122 e. The molecule has 1 rings (SSSR count). The van der Waals surface area contributed by atoms with Crippen molar-refractivity contribution in [2.24, 2.45) is 5.41 Å². The molecule has 0 spiro atoms. The van der Waals surface area contributed by atoms with Gasteiger partial charge in [0.1, 0.15) is 5.72 Å². The van der Waals surface area contributed by atoms with Crippen molar-refractivity contribution < 1.29 is 4.74 Å². The van der Waals surface area contributed by atoms with Gasteiger partial charge in [0.15, 0.2) is 0 Å². The van der Waals surface area contributed by atoms with Crippen LogP contribution in [0.2, 0.25) is 0 Å². The first-order chi connectivity index (χ1) is 5.58. The molecule has 0 aromatic heterocycles. The average Bonchev–Trinajstić information content (AvgIpc) is 2.01. The molecule has 13 heavy (non-hydrogen) atoms. The van der Waals surface area contributed by atoms with Gasteiger partial charge in [-0.2, -0.15) is 0 Å². The summed E-state index contributed by atoms with van der Waals surface area (Å²) in [4.78, 5) is 0. The van der Waals surface area contributed by atoms with Crippen LogP contribution in [0, 0.1) is 5.41 Å². The zero-order chi connectivity index (χ0) is 10.5. The first-order valence-electron chi connectivity index (χ1n) is 5.06. The third-order valence-electron chi connectivity index (χ3n) is 3.43. The van der Waals surface area contributed by atoms with E-state index in [4.69, 9.17) is 4.74 Å². The molecule has 1 heterocycles. The lowest BCUT2D eigenvalue weighted by molar-refractivity contribution is -0.138. The van der Waals surface area contributed by atoms with Gasteiger partial charge in [0.05, 0.1) is 5.60 Å². The number of hydrogen-bond donors (Lipinski definition) is 1. The fourth-order valence-corrected chi connectivity index (χ4v) is 1.60. The van der Waals surface area contributed by atoms with E-state index in [1.54, 1.807) is 0 Å². The van der Waals surface area contributed by atoms with Crippen LogP contribution in [0.25, 0.3) is 0 Å². The molecule has 0 aromatic carbocycles. The van der Waals surface area contributed by atoms with Crippen LogP contribution in [0.5, 0.6) is 0 Å². The van der Waals surface area contributed by atoms with Crippen LogP contribution in [-0.4, -0.2) is 17.4 Å². The second-order valence-corrected chi connectivity index (χ2v) is 5.85. The maximum absolute atomic E-state index is 6.10. The predicted octanol–water partition coefficient (Wildman–Crippen LogP) is 2.54. The standard InChI is InChI=1S/C11H23NO/c1-8-10(5,6)13-11(7,12-8)9(2,3)4/h8,12H,1-7H3. The van der Waals surface area contributed by atoms with Gasteiger partial charge in [-0.1, -0.05) is 20.8 Å². The van der Waals surface area contributed by atoms with E-state index < -0.39 is 0 Å². The van der Waals surface area contributed by atoms with Crippen molar-refractivity contribution in [3.05, 3.63) is 0 Å². The molecule has 0 aliphatic carbocycles. The Morgan fingerprint density at radius 3 is 1.77 bits per heavy atom. The third-order valence-corrected chi connectivity index (χ3v) is 3.43. The maximum atomic E-state index is 6.10. The summed E-state index contributed by atoms with van der Waals surface area (Å²) in [7, 11) is 0. The van der Waals surface area contributed by atoms with Crippen molar-refractivity contribution in [2.45, 2.75) is 65.8 Å². The molecule has 0 amide bonds. The lowest BCUT2D eigenvalue weighted by Crippen LogP contribution is -2.50. The van der Waals surface area contributed by atoms with Gasteiger partial charge in [0.25, 0.3) is 0 Å². The second-order valence-electron chi connectivity index (χ2n) is 5.85. The number of hydrogen-bond acceptors (Lipinski definition) is 2. The van der Waals surface area contributed by atoms with Crippen molar-refractivity contribution in [1.82, 2.24) is 5.32 Å². The number of rotatable bonds is 0. The van der Waals surface area contributed by atoms with E-state index >= 15 is 0 Å². The molecule has 2 heteroatoms. The number of nitrogens with one attached hydrogen (secondary N) is 1. The van der Waals surface area contributed by atoms with Gasteiger partial charge in [-0.05, 0) is 27.7 Å². The molecule has 0 aromatic rings. The van der Waals surface area contributed by atoms with E-state index in [1.807, 2.05) is 0 Å². The first kappa shape index (κ1) is 11.0. The Hall–Kier alpha value is -0.0800. The van der Waals surface area contributed by atoms with Crippen molar-refractivity contribution in [3.8, 4) is 0 Å². The van der Waals surface area contributed by atoms with Crippen LogP contribution in [0.4, 0.5) is 0 Å². The van der Waals surface area contributed by atoms with Gasteiger partial charge >= 0.3 is 0 Å². The summed E-state index contributed by atoms with van der Waals surface area (Å²) in [5.41, 5.74) is -0.160. The monoisotopic (exact) mass is 185 g/mol. The maximum Gasteiger partial charge on any atom is 0.122 e. The summed E-state index contributed by atoms with van der Waals surface area (Å²) >= 11 is 0. The highest BCUT2D eigenvalue weighted by Gasteiger charge is 2.51. The zero-order valence-electron chi connectivity index (χ0n) is 9.99. The van der Waals surface area contributed by atoms with E-state index in [9.17, 15) is 0 Å². The van der Waals surface area contributed by atoms with Gasteiger partial charge < -0.3 is 4.74 Å². The normalized spacial score (nSPS) is 39.5. The summed E-state index contributed by atoms with van der Waals surface area (Å²) < 4.78 is 6.10. The molecule has 0 bridgehead atoms. The summed E-state index contributed by atoms with van der Waals surface area (Å²) in [5.74, 6) is 0. The van der Waals surface area contributed by atoms with Crippen LogP contribution < -0.4 is 5.32 Å². The third kappa shape index (κ3) is 1.75. The van der Waals surface area contributed by atoms with Crippen LogP contribution in [-0.2, 0) is 4.74 Å². The first-order valence-corrected chi connectivity index (χ1v) is 5.06. The zero-order valence-corrected chi connectivity index (χ0v) is 9.99. The fourth-order valence-electron chi connectivity index (χ4n) is 1.60. The minimum absolute atomic E-state index is 0.0674. The van der Waals surface area contributed by atoms with Gasteiger partial charge in [-0.15, -0.1) is 0 Å². The highest BCUT2D eigenvalue weighted by molar-refractivity contribution is 5.00. The van der Waals surface area contributed by atoms with Crippen LogP contribution >= 0.6 is 0 Å². The predicted molar refractivity (Wildman–Crippen MR) is 55.6 cm³/mol. The van der Waals surface area contributed by atoms with Crippen molar-refractivity contribution in [1.29, 1.82) is 0 Å². The fraction of sp³-hybridized carbons (Fsp3) is 1.00. The minimum Gasteiger partial charge on any atom is -0.353 e. The summed E-state index contributed by atoms with van der Waals surface area (Å²) in [5, 5.41) is 3.54. The van der Waals surface area contributed by atoms with Gasteiger partial charge in [0.2, 0.25) is 0 Å². The summed E-state index contributed by atoms with van der Waals surface area (Å²) in [6.45, 7) is 15.2. The lowest BCUT2D eigenvalue weighted by atomic mass is 9.84. The summed E-state index contributed by atoms with van der Waals surface area (Å²) in [6, 6.07) is 0.400. The quantitative estimate of drug-likeness (QED) is 0.626. The highest BCUT2D eigenvalue weighted by Crippen LogP contribution is 2.41. The Morgan fingerprint density at radius 2 is 1.62 bits per heavy atom.